The van der Waals surface area contributed by atoms with Crippen LogP contribution in [0.15, 0.2) is 77.4 Å². The molecule has 0 saturated heterocycles. The van der Waals surface area contributed by atoms with Crippen molar-refractivity contribution in [3.05, 3.63) is 94.1 Å². The molecule has 1 aliphatic carbocycles. The maximum atomic E-state index is 7.03. The molecule has 1 heterocycles. The number of aromatic nitrogens is 1. The van der Waals surface area contributed by atoms with E-state index in [0.717, 1.165) is 5.52 Å². The molecule has 151 valence electrons. The van der Waals surface area contributed by atoms with E-state index in [9.17, 15) is 0 Å². The van der Waals surface area contributed by atoms with Crippen LogP contribution in [0.25, 0.3) is 26.9 Å². The van der Waals surface area contributed by atoms with Gasteiger partial charge in [0.2, 0.25) is 0 Å². The molecule has 1 atom stereocenters. The number of fused-ring (bicyclic) bond motifs is 4. The van der Waals surface area contributed by atoms with Crippen molar-refractivity contribution < 1.29 is 41.1 Å². The van der Waals surface area contributed by atoms with Gasteiger partial charge in [-0.1, -0.05) is 0 Å². The Morgan fingerprint density at radius 1 is 0.867 bits per heavy atom. The molecule has 5 rings (SSSR count). The van der Waals surface area contributed by atoms with Crippen LogP contribution in [0.5, 0.6) is 0 Å². The van der Waals surface area contributed by atoms with Crippen molar-refractivity contribution in [3.63, 3.8) is 0 Å². The molecule has 0 N–H and O–H groups in total. The van der Waals surface area contributed by atoms with Gasteiger partial charge in [0.15, 0.2) is 0 Å². The van der Waals surface area contributed by atoms with Gasteiger partial charge in [0.05, 0.1) is 0 Å². The van der Waals surface area contributed by atoms with Crippen LogP contribution in [0.1, 0.15) is 22.6 Å². The first-order valence-corrected chi connectivity index (χ1v) is 14.1. The van der Waals surface area contributed by atoms with Gasteiger partial charge in [0.25, 0.3) is 0 Å². The summed E-state index contributed by atoms with van der Waals surface area (Å²) in [6, 6.07) is 23.8. The minimum Gasteiger partial charge on any atom is -1.00 e. The first kappa shape index (κ1) is 23.4. The zero-order valence-corrected chi connectivity index (χ0v) is 21.0. The Morgan fingerprint density at radius 2 is 1.57 bits per heavy atom. The van der Waals surface area contributed by atoms with Crippen molar-refractivity contribution in [3.8, 4) is 0 Å². The van der Waals surface area contributed by atoms with Gasteiger partial charge in [-0.2, -0.15) is 0 Å². The largest absolute Gasteiger partial charge is 1.00 e. The van der Waals surface area contributed by atoms with E-state index < -0.39 is 7.38 Å². The van der Waals surface area contributed by atoms with Gasteiger partial charge in [-0.3, -0.25) is 0 Å². The fourth-order valence-corrected chi connectivity index (χ4v) is 8.73. The van der Waals surface area contributed by atoms with Crippen molar-refractivity contribution >= 4 is 45.3 Å². The number of pyridine rings is 1. The summed E-state index contributed by atoms with van der Waals surface area (Å²) in [7, 11) is -2.07. The Labute approximate surface area is 203 Å². The molecule has 1 unspecified atom stereocenters. The number of rotatable bonds is 2. The second-order valence-electron chi connectivity index (χ2n) is 7.82. The SMILES string of the molecule is C[Si](C)(Cl)C1=[C]([Cr+2])C(c2cccc3cccnc23)c2c1ccc1ccccc21.[Cl-].[Cl-]. The second-order valence-corrected chi connectivity index (χ2v) is 14.8. The van der Waals surface area contributed by atoms with Crippen LogP contribution in [-0.2, 0) is 16.3 Å². The summed E-state index contributed by atoms with van der Waals surface area (Å²) >= 11 is 10.5. The average Bonchev–Trinajstić information content (AvgIpc) is 3.00. The predicted molar refractivity (Wildman–Crippen MR) is 118 cm³/mol. The van der Waals surface area contributed by atoms with Gasteiger partial charge in [-0.05, 0) is 0 Å². The molecular weight excluding hydrogens is 489 g/mol. The molecule has 4 aromatic rings. The average molecular weight is 508 g/mol. The predicted octanol–water partition coefficient (Wildman–Crippen LogP) is 0.783. The molecule has 1 aromatic heterocycles. The first-order chi connectivity index (χ1) is 13.5. The van der Waals surface area contributed by atoms with Gasteiger partial charge < -0.3 is 24.8 Å². The molecular formula is C24H19Cl3CrNSi. The number of benzene rings is 3. The molecule has 0 bridgehead atoms. The van der Waals surface area contributed by atoms with E-state index in [2.05, 4.69) is 90.0 Å². The monoisotopic (exact) mass is 506 g/mol. The molecule has 0 aliphatic heterocycles. The third-order valence-corrected chi connectivity index (χ3v) is 8.88. The molecule has 30 heavy (non-hydrogen) atoms. The molecule has 0 saturated carbocycles. The normalized spacial score (nSPS) is 15.6. The zero-order chi connectivity index (χ0) is 19.5. The summed E-state index contributed by atoms with van der Waals surface area (Å²) in [6.45, 7) is 4.42. The van der Waals surface area contributed by atoms with Crippen LogP contribution >= 0.6 is 11.1 Å². The maximum Gasteiger partial charge on any atom is -1.00 e. The van der Waals surface area contributed by atoms with Crippen molar-refractivity contribution in [1.29, 1.82) is 0 Å². The summed E-state index contributed by atoms with van der Waals surface area (Å²) in [5.74, 6) is 0.139. The van der Waals surface area contributed by atoms with Crippen LogP contribution in [0.4, 0.5) is 0 Å². The third kappa shape index (κ3) is 3.63. The van der Waals surface area contributed by atoms with Crippen LogP contribution < -0.4 is 24.8 Å². The van der Waals surface area contributed by atoms with Gasteiger partial charge >= 0.3 is 180 Å². The van der Waals surface area contributed by atoms with E-state index in [1.54, 1.807) is 0 Å². The minimum absolute atomic E-state index is 0. The standard InChI is InChI=1S/C24H19ClNSi.2ClH.Cr/c1-27(2,25)22-15-21(19-11-5-8-17-9-6-14-26-24(17)19)23-18-10-4-3-7-16(18)12-13-20(22)23;;;/h3-14,21H,1-2H3;2*1H;/q;;;+2/p-2. The molecule has 0 amide bonds. The summed E-state index contributed by atoms with van der Waals surface area (Å²) in [5.41, 5.74) is 4.98. The third-order valence-electron chi connectivity index (χ3n) is 5.61. The van der Waals surface area contributed by atoms with Crippen LogP contribution in [0, 0.1) is 0 Å². The Balaban J connectivity index is 0.00000128. The van der Waals surface area contributed by atoms with E-state index in [0.29, 0.717) is 0 Å². The van der Waals surface area contributed by atoms with E-state index in [4.69, 9.17) is 16.1 Å². The summed E-state index contributed by atoms with van der Waals surface area (Å²) < 4.78 is 1.26. The maximum absolute atomic E-state index is 7.03. The van der Waals surface area contributed by atoms with Gasteiger partial charge in [0, 0.05) is 0 Å². The molecule has 0 spiro atoms. The number of hydrogen-bond acceptors (Lipinski definition) is 1. The molecule has 1 nitrogen and oxygen atoms in total. The van der Waals surface area contributed by atoms with Gasteiger partial charge in [-0.25, -0.2) is 0 Å². The summed E-state index contributed by atoms with van der Waals surface area (Å²) in [4.78, 5) is 4.74. The topological polar surface area (TPSA) is 12.9 Å². The summed E-state index contributed by atoms with van der Waals surface area (Å²) in [6.07, 6.45) is 1.88. The van der Waals surface area contributed by atoms with Crippen molar-refractivity contribution in [1.82, 2.24) is 4.98 Å². The number of allylic oxidation sites excluding steroid dienone is 1. The molecule has 3 aromatic carbocycles. The number of nitrogens with zero attached hydrogens (tertiary/aromatic N) is 1. The van der Waals surface area contributed by atoms with Gasteiger partial charge in [-0.15, -0.1) is 0 Å². The van der Waals surface area contributed by atoms with E-state index in [1.807, 2.05) is 12.3 Å². The quantitative estimate of drug-likeness (QED) is 0.289. The van der Waals surface area contributed by atoms with Crippen molar-refractivity contribution in [2.45, 2.75) is 19.0 Å². The Kier molecular flexibility index (Phi) is 6.75. The second kappa shape index (κ2) is 8.67. The fraction of sp³-hybridized carbons (Fsp3) is 0.125. The van der Waals surface area contributed by atoms with E-state index >= 15 is 0 Å². The fourth-order valence-electron chi connectivity index (χ4n) is 4.50. The number of halogens is 3. The Morgan fingerprint density at radius 3 is 2.33 bits per heavy atom. The van der Waals surface area contributed by atoms with Gasteiger partial charge in [0.1, 0.15) is 0 Å². The van der Waals surface area contributed by atoms with Crippen molar-refractivity contribution in [2.75, 3.05) is 0 Å². The first-order valence-electron chi connectivity index (χ1n) is 9.43. The summed E-state index contributed by atoms with van der Waals surface area (Å²) in [5, 5.41) is 5.07. The van der Waals surface area contributed by atoms with Crippen molar-refractivity contribution in [2.24, 2.45) is 0 Å². The number of para-hydroxylation sites is 1. The Hall–Kier alpha value is -1.31. The van der Waals surface area contributed by atoms with Crippen LogP contribution in [0.2, 0.25) is 13.1 Å². The van der Waals surface area contributed by atoms with Crippen LogP contribution in [-0.4, -0.2) is 12.4 Å². The molecule has 0 fully saturated rings. The smallest absolute Gasteiger partial charge is 1.00 e. The minimum atomic E-state index is -2.07. The number of hydrogen-bond donors (Lipinski definition) is 0. The molecule has 1 aliphatic rings. The van der Waals surface area contributed by atoms with E-state index in [1.165, 1.54) is 42.5 Å². The van der Waals surface area contributed by atoms with Crippen LogP contribution in [0.3, 0.4) is 0 Å². The Bertz CT molecular complexity index is 1280. The molecule has 6 heteroatoms. The molecule has 0 radical (unpaired) electrons. The zero-order valence-electron chi connectivity index (χ0n) is 16.5. The van der Waals surface area contributed by atoms with E-state index in [-0.39, 0.29) is 30.7 Å².